The Labute approximate surface area is 120 Å². The maximum Gasteiger partial charge on any atom is 0.471 e. The van der Waals surface area contributed by atoms with Crippen molar-refractivity contribution in [1.29, 1.82) is 0 Å². The molecule has 1 amide bonds. The van der Waals surface area contributed by atoms with Crippen LogP contribution in [0.3, 0.4) is 0 Å². The molecule has 1 aliphatic heterocycles. The van der Waals surface area contributed by atoms with Crippen LogP contribution in [-0.2, 0) is 17.4 Å². The van der Waals surface area contributed by atoms with Gasteiger partial charge >= 0.3 is 12.1 Å². The highest BCUT2D eigenvalue weighted by Gasteiger charge is 2.47. The van der Waals surface area contributed by atoms with Gasteiger partial charge in [-0.25, -0.2) is 0 Å². The monoisotopic (exact) mass is 304 g/mol. The van der Waals surface area contributed by atoms with Gasteiger partial charge in [0.15, 0.2) is 0 Å². The molecule has 2 N–H and O–H groups in total. The van der Waals surface area contributed by atoms with E-state index in [1.165, 1.54) is 0 Å². The molecule has 0 radical (unpaired) electrons. The second-order valence-corrected chi connectivity index (χ2v) is 5.65. The highest BCUT2D eigenvalue weighted by Crippen LogP contribution is 2.34. The van der Waals surface area contributed by atoms with Crippen LogP contribution in [0.2, 0.25) is 0 Å². The van der Waals surface area contributed by atoms with Gasteiger partial charge in [0.1, 0.15) is 0 Å². The lowest BCUT2D eigenvalue weighted by molar-refractivity contribution is -0.187. The number of amides is 1. The van der Waals surface area contributed by atoms with Crippen molar-refractivity contribution in [3.05, 3.63) is 17.0 Å². The molecule has 1 aromatic heterocycles. The van der Waals surface area contributed by atoms with E-state index < -0.39 is 17.6 Å². The van der Waals surface area contributed by atoms with Crippen molar-refractivity contribution in [3.8, 4) is 0 Å². The number of carbonyl (C=O) groups is 1. The average Bonchev–Trinajstić information content (AvgIpc) is 2.61. The summed E-state index contributed by atoms with van der Waals surface area (Å²) in [7, 11) is 1.76. The molecule has 1 unspecified atom stereocenters. The first-order chi connectivity index (χ1) is 9.56. The van der Waals surface area contributed by atoms with Crippen molar-refractivity contribution in [2.75, 3.05) is 13.1 Å². The Hall–Kier alpha value is -1.57. The summed E-state index contributed by atoms with van der Waals surface area (Å²) in [6, 6.07) is 0. The molecule has 0 aliphatic carbocycles. The summed E-state index contributed by atoms with van der Waals surface area (Å²) in [4.78, 5) is 12.2. The third kappa shape index (κ3) is 2.76. The first kappa shape index (κ1) is 15.8. The molecule has 0 bridgehead atoms. The normalized spacial score (nSPS) is 23.5. The molecule has 1 saturated heterocycles. The number of halogens is 3. The molecule has 2 rings (SSSR count). The molecule has 5 nitrogen and oxygen atoms in total. The number of hydrogen-bond donors (Lipinski definition) is 1. The van der Waals surface area contributed by atoms with E-state index in [2.05, 4.69) is 5.10 Å². The van der Waals surface area contributed by atoms with E-state index in [4.69, 9.17) is 5.73 Å². The van der Waals surface area contributed by atoms with Gasteiger partial charge in [-0.05, 0) is 26.7 Å². The second-order valence-electron chi connectivity index (χ2n) is 5.65. The molecule has 0 saturated carbocycles. The number of rotatable bonds is 1. The SMILES string of the molecule is Cc1nn(C)c(C)c1C1(N)CCCN(C(=O)C(F)(F)F)C1. The predicted octanol–water partition coefficient (Wildman–Crippen LogP) is 1.38. The van der Waals surface area contributed by atoms with Gasteiger partial charge < -0.3 is 10.6 Å². The Balaban J connectivity index is 2.33. The number of nitrogens with zero attached hydrogens (tertiary/aromatic N) is 3. The van der Waals surface area contributed by atoms with E-state index in [0.29, 0.717) is 18.5 Å². The fourth-order valence-corrected chi connectivity index (χ4v) is 3.13. The highest BCUT2D eigenvalue weighted by molar-refractivity contribution is 5.82. The average molecular weight is 304 g/mol. The Morgan fingerprint density at radius 2 is 2.00 bits per heavy atom. The van der Waals surface area contributed by atoms with E-state index in [0.717, 1.165) is 16.2 Å². The van der Waals surface area contributed by atoms with E-state index in [1.807, 2.05) is 6.92 Å². The van der Waals surface area contributed by atoms with Gasteiger partial charge in [-0.15, -0.1) is 0 Å². The third-order valence-electron chi connectivity index (χ3n) is 4.06. The summed E-state index contributed by atoms with van der Waals surface area (Å²) in [6.07, 6.45) is -3.90. The highest BCUT2D eigenvalue weighted by atomic mass is 19.4. The minimum atomic E-state index is -4.86. The zero-order valence-electron chi connectivity index (χ0n) is 12.3. The van der Waals surface area contributed by atoms with Gasteiger partial charge in [0, 0.05) is 31.4 Å². The minimum Gasteiger partial charge on any atom is -0.333 e. The third-order valence-corrected chi connectivity index (χ3v) is 4.06. The summed E-state index contributed by atoms with van der Waals surface area (Å²) < 4.78 is 39.5. The predicted molar refractivity (Wildman–Crippen MR) is 70.4 cm³/mol. The maximum atomic E-state index is 12.6. The summed E-state index contributed by atoms with van der Waals surface area (Å²) in [5.74, 6) is -1.82. The summed E-state index contributed by atoms with van der Waals surface area (Å²) >= 11 is 0. The molecule has 0 aromatic carbocycles. The number of aromatic nitrogens is 2. The van der Waals surface area contributed by atoms with Crippen molar-refractivity contribution in [2.24, 2.45) is 12.8 Å². The van der Waals surface area contributed by atoms with Crippen molar-refractivity contribution >= 4 is 5.91 Å². The van der Waals surface area contributed by atoms with Gasteiger partial charge in [-0.2, -0.15) is 18.3 Å². The number of alkyl halides is 3. The van der Waals surface area contributed by atoms with Gasteiger partial charge in [0.25, 0.3) is 0 Å². The van der Waals surface area contributed by atoms with Gasteiger partial charge in [-0.3, -0.25) is 9.48 Å². The number of nitrogens with two attached hydrogens (primary N) is 1. The topological polar surface area (TPSA) is 64.2 Å². The number of hydrogen-bond acceptors (Lipinski definition) is 3. The molecule has 118 valence electrons. The molecule has 2 heterocycles. The molecule has 8 heteroatoms. The molecule has 21 heavy (non-hydrogen) atoms. The van der Waals surface area contributed by atoms with Gasteiger partial charge in [0.05, 0.1) is 11.2 Å². The van der Waals surface area contributed by atoms with Crippen LogP contribution < -0.4 is 5.73 Å². The van der Waals surface area contributed by atoms with Crippen LogP contribution in [0.25, 0.3) is 0 Å². The first-order valence-corrected chi connectivity index (χ1v) is 6.72. The number of piperidine rings is 1. The first-order valence-electron chi connectivity index (χ1n) is 6.72. The Kier molecular flexibility index (Phi) is 3.77. The number of aryl methyl sites for hydroxylation is 2. The number of carbonyl (C=O) groups excluding carboxylic acids is 1. The zero-order chi connectivity index (χ0) is 16.0. The lowest BCUT2D eigenvalue weighted by Crippen LogP contribution is -2.56. The smallest absolute Gasteiger partial charge is 0.333 e. The standard InChI is InChI=1S/C13H19F3N4O/c1-8-10(9(2)19(3)18-8)12(17)5-4-6-20(7-12)11(21)13(14,15)16/h4-7,17H2,1-3H3. The second kappa shape index (κ2) is 5.01. The molecule has 1 atom stereocenters. The van der Waals surface area contributed by atoms with Crippen LogP contribution in [0.15, 0.2) is 0 Å². The Bertz CT molecular complexity index is 566. The number of likely N-dealkylation sites (tertiary alicyclic amines) is 1. The largest absolute Gasteiger partial charge is 0.471 e. The Morgan fingerprint density at radius 1 is 1.38 bits per heavy atom. The van der Waals surface area contributed by atoms with Crippen molar-refractivity contribution in [3.63, 3.8) is 0 Å². The maximum absolute atomic E-state index is 12.6. The van der Waals surface area contributed by atoms with E-state index in [-0.39, 0.29) is 13.1 Å². The minimum absolute atomic E-state index is 0.0790. The fourth-order valence-electron chi connectivity index (χ4n) is 3.13. The summed E-state index contributed by atoms with van der Waals surface area (Å²) in [5, 5.41) is 4.26. The van der Waals surface area contributed by atoms with Crippen LogP contribution in [0.4, 0.5) is 13.2 Å². The quantitative estimate of drug-likeness (QED) is 0.852. The van der Waals surface area contributed by atoms with Crippen molar-refractivity contribution in [2.45, 2.75) is 38.4 Å². The van der Waals surface area contributed by atoms with Gasteiger partial charge in [0.2, 0.25) is 0 Å². The molecule has 1 aliphatic rings. The van der Waals surface area contributed by atoms with Gasteiger partial charge in [-0.1, -0.05) is 0 Å². The lowest BCUT2D eigenvalue weighted by atomic mass is 9.82. The van der Waals surface area contributed by atoms with Crippen molar-refractivity contribution in [1.82, 2.24) is 14.7 Å². The molecule has 1 aromatic rings. The van der Waals surface area contributed by atoms with E-state index in [9.17, 15) is 18.0 Å². The van der Waals surface area contributed by atoms with Crippen molar-refractivity contribution < 1.29 is 18.0 Å². The van der Waals surface area contributed by atoms with Crippen LogP contribution in [0.5, 0.6) is 0 Å². The zero-order valence-corrected chi connectivity index (χ0v) is 12.3. The Morgan fingerprint density at radius 3 is 2.48 bits per heavy atom. The molecular weight excluding hydrogens is 285 g/mol. The van der Waals surface area contributed by atoms with Crippen LogP contribution in [0.1, 0.15) is 29.8 Å². The molecule has 0 spiro atoms. The molecule has 1 fully saturated rings. The van der Waals surface area contributed by atoms with Crippen LogP contribution in [0, 0.1) is 13.8 Å². The summed E-state index contributed by atoms with van der Waals surface area (Å²) in [5.41, 5.74) is 7.62. The molecular formula is C13H19F3N4O. The van der Waals surface area contributed by atoms with E-state index in [1.54, 1.807) is 18.7 Å². The van der Waals surface area contributed by atoms with Crippen LogP contribution in [-0.4, -0.2) is 39.9 Å². The van der Waals surface area contributed by atoms with E-state index >= 15 is 0 Å². The fraction of sp³-hybridized carbons (Fsp3) is 0.692. The summed E-state index contributed by atoms with van der Waals surface area (Å²) in [6.45, 7) is 3.55. The van der Waals surface area contributed by atoms with Crippen LogP contribution >= 0.6 is 0 Å². The lowest BCUT2D eigenvalue weighted by Gasteiger charge is -2.40.